The Labute approximate surface area is 116 Å². The lowest BCUT2D eigenvalue weighted by molar-refractivity contribution is 0.128. The molecule has 3 nitrogen and oxygen atoms in total. The van der Waals surface area contributed by atoms with Gasteiger partial charge in [0.25, 0.3) is 0 Å². The molecule has 0 aromatic heterocycles. The van der Waals surface area contributed by atoms with Crippen molar-refractivity contribution in [1.82, 2.24) is 5.32 Å². The normalized spacial score (nSPS) is 17.6. The maximum atomic E-state index is 9.54. The first-order valence-electron chi connectivity index (χ1n) is 7.22. The van der Waals surface area contributed by atoms with Gasteiger partial charge in [0, 0.05) is 18.6 Å². The molecule has 0 saturated heterocycles. The molecule has 1 saturated carbocycles. The van der Waals surface area contributed by atoms with Crippen molar-refractivity contribution in [1.29, 1.82) is 0 Å². The molecule has 0 aliphatic heterocycles. The fourth-order valence-electron chi connectivity index (χ4n) is 2.89. The van der Waals surface area contributed by atoms with Crippen LogP contribution in [0.4, 0.5) is 0 Å². The number of ether oxygens (including phenoxy) is 1. The molecule has 1 aliphatic rings. The number of methoxy groups -OCH3 is 1. The molecule has 0 bridgehead atoms. The lowest BCUT2D eigenvalue weighted by Gasteiger charge is -2.26. The van der Waals surface area contributed by atoms with Crippen LogP contribution < -0.4 is 10.1 Å². The van der Waals surface area contributed by atoms with Gasteiger partial charge in [-0.05, 0) is 43.5 Å². The third-order valence-corrected chi connectivity index (χ3v) is 4.25. The predicted molar refractivity (Wildman–Crippen MR) is 77.6 cm³/mol. The highest BCUT2D eigenvalue weighted by Gasteiger charge is 2.32. The molecule has 0 atom stereocenters. The van der Waals surface area contributed by atoms with E-state index in [4.69, 9.17) is 4.74 Å². The van der Waals surface area contributed by atoms with E-state index in [-0.39, 0.29) is 5.41 Å². The van der Waals surface area contributed by atoms with Gasteiger partial charge in [-0.3, -0.25) is 0 Å². The summed E-state index contributed by atoms with van der Waals surface area (Å²) in [5.74, 6) is 0.905. The maximum Gasteiger partial charge on any atom is 0.118 e. The topological polar surface area (TPSA) is 41.5 Å². The third-order valence-electron chi connectivity index (χ3n) is 4.25. The van der Waals surface area contributed by atoms with E-state index in [2.05, 4.69) is 17.4 Å². The molecule has 0 heterocycles. The first kappa shape index (κ1) is 14.4. The van der Waals surface area contributed by atoms with Crippen molar-refractivity contribution in [3.8, 4) is 5.75 Å². The van der Waals surface area contributed by atoms with Crippen LogP contribution in [0.1, 0.15) is 31.2 Å². The van der Waals surface area contributed by atoms with E-state index in [9.17, 15) is 5.11 Å². The van der Waals surface area contributed by atoms with E-state index in [0.29, 0.717) is 6.61 Å². The number of hydrogen-bond acceptors (Lipinski definition) is 3. The van der Waals surface area contributed by atoms with Gasteiger partial charge in [-0.15, -0.1) is 0 Å². The molecule has 0 spiro atoms. The highest BCUT2D eigenvalue weighted by Crippen LogP contribution is 2.36. The Bertz CT molecular complexity index is 369. The summed E-state index contributed by atoms with van der Waals surface area (Å²) in [5.41, 5.74) is 1.47. The molecular weight excluding hydrogens is 238 g/mol. The lowest BCUT2D eigenvalue weighted by Crippen LogP contribution is -2.36. The molecular formula is C16H25NO2. The van der Waals surface area contributed by atoms with Crippen molar-refractivity contribution in [2.24, 2.45) is 5.41 Å². The van der Waals surface area contributed by atoms with Crippen molar-refractivity contribution in [3.63, 3.8) is 0 Å². The lowest BCUT2D eigenvalue weighted by atomic mass is 9.87. The van der Waals surface area contributed by atoms with Gasteiger partial charge in [0.15, 0.2) is 0 Å². The first-order valence-corrected chi connectivity index (χ1v) is 7.22. The number of rotatable bonds is 7. The minimum absolute atomic E-state index is 0.153. The third kappa shape index (κ3) is 3.95. The summed E-state index contributed by atoms with van der Waals surface area (Å²) in [6.45, 7) is 2.23. The van der Waals surface area contributed by atoms with Crippen LogP contribution in [-0.4, -0.2) is 31.9 Å². The zero-order valence-corrected chi connectivity index (χ0v) is 11.8. The fraction of sp³-hybridized carbons (Fsp3) is 0.625. The summed E-state index contributed by atoms with van der Waals surface area (Å²) in [6, 6.07) is 8.22. The molecule has 19 heavy (non-hydrogen) atoms. The molecule has 2 N–H and O–H groups in total. The second kappa shape index (κ2) is 6.92. The molecule has 106 valence electrons. The zero-order chi connectivity index (χ0) is 13.6. The minimum atomic E-state index is 0.153. The summed E-state index contributed by atoms with van der Waals surface area (Å²) in [5, 5.41) is 13.0. The van der Waals surface area contributed by atoms with Gasteiger partial charge >= 0.3 is 0 Å². The Balaban J connectivity index is 1.71. The molecule has 1 aromatic rings. The summed E-state index contributed by atoms with van der Waals surface area (Å²) in [4.78, 5) is 0. The number of hydrogen-bond donors (Lipinski definition) is 2. The van der Waals surface area contributed by atoms with Crippen molar-refractivity contribution in [3.05, 3.63) is 29.8 Å². The smallest absolute Gasteiger partial charge is 0.118 e. The maximum absolute atomic E-state index is 9.54. The summed E-state index contributed by atoms with van der Waals surface area (Å²) in [7, 11) is 1.69. The molecule has 2 rings (SSSR count). The molecule has 1 aliphatic carbocycles. The summed E-state index contributed by atoms with van der Waals surface area (Å²) >= 11 is 0. The van der Waals surface area contributed by atoms with Gasteiger partial charge in [0.05, 0.1) is 7.11 Å². The van der Waals surface area contributed by atoms with Crippen LogP contribution >= 0.6 is 0 Å². The molecule has 3 heteroatoms. The molecule has 1 aromatic carbocycles. The quantitative estimate of drug-likeness (QED) is 0.742. The van der Waals surface area contributed by atoms with Gasteiger partial charge in [-0.2, -0.15) is 0 Å². The SMILES string of the molecule is COc1ccc(CCNCC2(CO)CCCC2)cc1. The van der Waals surface area contributed by atoms with Gasteiger partial charge in [0.1, 0.15) is 5.75 Å². The first-order chi connectivity index (χ1) is 9.28. The monoisotopic (exact) mass is 263 g/mol. The number of benzene rings is 1. The van der Waals surface area contributed by atoms with Crippen LogP contribution in [0.3, 0.4) is 0 Å². The Morgan fingerprint density at radius 3 is 2.47 bits per heavy atom. The number of nitrogens with one attached hydrogen (secondary N) is 1. The summed E-state index contributed by atoms with van der Waals surface area (Å²) < 4.78 is 5.15. The van der Waals surface area contributed by atoms with Crippen LogP contribution in [0, 0.1) is 5.41 Å². The van der Waals surface area contributed by atoms with Crippen molar-refractivity contribution >= 4 is 0 Å². The van der Waals surface area contributed by atoms with E-state index in [0.717, 1.165) is 25.3 Å². The van der Waals surface area contributed by atoms with Crippen molar-refractivity contribution in [2.45, 2.75) is 32.1 Å². The van der Waals surface area contributed by atoms with E-state index < -0.39 is 0 Å². The standard InChI is InChI=1S/C16H25NO2/c1-19-15-6-4-14(5-7-15)8-11-17-12-16(13-18)9-2-3-10-16/h4-7,17-18H,2-3,8-13H2,1H3. The Hall–Kier alpha value is -1.06. The van der Waals surface area contributed by atoms with E-state index >= 15 is 0 Å². The van der Waals surface area contributed by atoms with Crippen LogP contribution in [-0.2, 0) is 6.42 Å². The van der Waals surface area contributed by atoms with Gasteiger partial charge in [0.2, 0.25) is 0 Å². The molecule has 1 fully saturated rings. The average Bonchev–Trinajstić information content (AvgIpc) is 2.94. The van der Waals surface area contributed by atoms with Gasteiger partial charge in [-0.25, -0.2) is 0 Å². The van der Waals surface area contributed by atoms with E-state index in [1.807, 2.05) is 12.1 Å². The number of aliphatic hydroxyl groups is 1. The van der Waals surface area contributed by atoms with Crippen LogP contribution in [0.2, 0.25) is 0 Å². The van der Waals surface area contributed by atoms with Crippen molar-refractivity contribution < 1.29 is 9.84 Å². The Morgan fingerprint density at radius 2 is 1.89 bits per heavy atom. The zero-order valence-electron chi connectivity index (χ0n) is 11.8. The number of aliphatic hydroxyl groups excluding tert-OH is 1. The largest absolute Gasteiger partial charge is 0.497 e. The Morgan fingerprint density at radius 1 is 1.21 bits per heavy atom. The Kier molecular flexibility index (Phi) is 5.23. The average molecular weight is 263 g/mol. The highest BCUT2D eigenvalue weighted by atomic mass is 16.5. The minimum Gasteiger partial charge on any atom is -0.497 e. The van der Waals surface area contributed by atoms with Gasteiger partial charge in [-0.1, -0.05) is 25.0 Å². The summed E-state index contributed by atoms with van der Waals surface area (Å²) in [6.07, 6.45) is 5.88. The predicted octanol–water partition coefficient (Wildman–Crippen LogP) is 2.38. The van der Waals surface area contributed by atoms with Gasteiger partial charge < -0.3 is 15.2 Å². The fourth-order valence-corrected chi connectivity index (χ4v) is 2.89. The van der Waals surface area contributed by atoms with Crippen LogP contribution in [0.25, 0.3) is 0 Å². The van der Waals surface area contributed by atoms with Crippen LogP contribution in [0.5, 0.6) is 5.75 Å². The van der Waals surface area contributed by atoms with E-state index in [1.165, 1.54) is 31.2 Å². The van der Waals surface area contributed by atoms with E-state index in [1.54, 1.807) is 7.11 Å². The second-order valence-electron chi connectivity index (χ2n) is 5.64. The van der Waals surface area contributed by atoms with Crippen molar-refractivity contribution in [2.75, 3.05) is 26.8 Å². The molecule has 0 radical (unpaired) electrons. The molecule has 0 amide bonds. The molecule has 0 unspecified atom stereocenters. The van der Waals surface area contributed by atoms with Crippen LogP contribution in [0.15, 0.2) is 24.3 Å². The highest BCUT2D eigenvalue weighted by molar-refractivity contribution is 5.27. The second-order valence-corrected chi connectivity index (χ2v) is 5.64.